The van der Waals surface area contributed by atoms with Gasteiger partial charge in [-0.05, 0) is 29.8 Å². The number of sulfonamides is 1. The Labute approximate surface area is 152 Å². The smallest absolute Gasteiger partial charge is 0.241 e. The molecule has 3 rings (SSSR count). The Morgan fingerprint density at radius 2 is 1.46 bits per heavy atom. The SMILES string of the molecule is CS(=O)(=O)c1ccc(CNS(=O)(=O)c2cccc3c(N)cccc23)cc1. The Morgan fingerprint density at radius 3 is 2.12 bits per heavy atom. The largest absolute Gasteiger partial charge is 0.398 e. The number of nitrogens with two attached hydrogens (primary N) is 1. The number of nitrogens with one attached hydrogen (secondary N) is 1. The quantitative estimate of drug-likeness (QED) is 0.650. The maximum Gasteiger partial charge on any atom is 0.241 e. The molecular formula is C18H18N2O4S2. The summed E-state index contributed by atoms with van der Waals surface area (Å²) in [5, 5.41) is 1.22. The van der Waals surface area contributed by atoms with Crippen molar-refractivity contribution in [3.63, 3.8) is 0 Å². The molecule has 6 nitrogen and oxygen atoms in total. The molecule has 0 radical (unpaired) electrons. The number of benzene rings is 3. The molecule has 26 heavy (non-hydrogen) atoms. The van der Waals surface area contributed by atoms with Gasteiger partial charge in [0.25, 0.3) is 0 Å². The Balaban J connectivity index is 1.87. The Kier molecular flexibility index (Phi) is 4.74. The van der Waals surface area contributed by atoms with Crippen LogP contribution < -0.4 is 10.5 Å². The van der Waals surface area contributed by atoms with Crippen LogP contribution in [0.4, 0.5) is 5.69 Å². The van der Waals surface area contributed by atoms with Crippen LogP contribution in [0.1, 0.15) is 5.56 Å². The fraction of sp³-hybridized carbons (Fsp3) is 0.111. The van der Waals surface area contributed by atoms with Gasteiger partial charge >= 0.3 is 0 Å². The first-order valence-electron chi connectivity index (χ1n) is 7.74. The minimum Gasteiger partial charge on any atom is -0.398 e. The van der Waals surface area contributed by atoms with Crippen LogP contribution in [0.5, 0.6) is 0 Å². The van der Waals surface area contributed by atoms with E-state index in [0.717, 1.165) is 6.26 Å². The normalized spacial score (nSPS) is 12.3. The van der Waals surface area contributed by atoms with E-state index < -0.39 is 19.9 Å². The van der Waals surface area contributed by atoms with Crippen LogP contribution in [0.2, 0.25) is 0 Å². The zero-order valence-electron chi connectivity index (χ0n) is 14.0. The van der Waals surface area contributed by atoms with E-state index in [1.54, 1.807) is 42.5 Å². The van der Waals surface area contributed by atoms with Crippen molar-refractivity contribution in [2.24, 2.45) is 0 Å². The highest BCUT2D eigenvalue weighted by atomic mass is 32.2. The zero-order chi connectivity index (χ0) is 18.9. The average molecular weight is 390 g/mol. The third-order valence-corrected chi connectivity index (χ3v) is 6.61. The third-order valence-electron chi connectivity index (χ3n) is 4.02. The highest BCUT2D eigenvalue weighted by Crippen LogP contribution is 2.27. The lowest BCUT2D eigenvalue weighted by Gasteiger charge is -2.11. The molecule has 0 aromatic heterocycles. The maximum absolute atomic E-state index is 12.7. The van der Waals surface area contributed by atoms with Crippen LogP contribution in [-0.4, -0.2) is 23.1 Å². The molecule has 0 unspecified atom stereocenters. The minimum absolute atomic E-state index is 0.0467. The molecule has 0 aliphatic heterocycles. The fourth-order valence-corrected chi connectivity index (χ4v) is 4.52. The highest BCUT2D eigenvalue weighted by molar-refractivity contribution is 7.90. The molecule has 0 spiro atoms. The topological polar surface area (TPSA) is 106 Å². The summed E-state index contributed by atoms with van der Waals surface area (Å²) in [6.45, 7) is 0.0467. The number of nitrogen functional groups attached to an aromatic ring is 1. The summed E-state index contributed by atoms with van der Waals surface area (Å²) in [6, 6.07) is 16.2. The predicted octanol–water partition coefficient (Wildman–Crippen LogP) is 2.30. The minimum atomic E-state index is -3.76. The molecule has 3 aromatic rings. The second-order valence-electron chi connectivity index (χ2n) is 5.94. The van der Waals surface area contributed by atoms with Gasteiger partial charge in [-0.3, -0.25) is 0 Å². The first-order valence-corrected chi connectivity index (χ1v) is 11.1. The third kappa shape index (κ3) is 3.72. The average Bonchev–Trinajstić information content (AvgIpc) is 2.59. The van der Waals surface area contributed by atoms with Crippen LogP contribution in [0, 0.1) is 0 Å². The summed E-state index contributed by atoms with van der Waals surface area (Å²) in [6.07, 6.45) is 1.12. The van der Waals surface area contributed by atoms with E-state index in [9.17, 15) is 16.8 Å². The lowest BCUT2D eigenvalue weighted by atomic mass is 10.1. The second-order valence-corrected chi connectivity index (χ2v) is 9.69. The van der Waals surface area contributed by atoms with Crippen molar-refractivity contribution in [2.45, 2.75) is 16.3 Å². The van der Waals surface area contributed by atoms with Gasteiger partial charge in [0.1, 0.15) is 0 Å². The number of hydrogen-bond donors (Lipinski definition) is 2. The number of fused-ring (bicyclic) bond motifs is 1. The van der Waals surface area contributed by atoms with Crippen molar-refractivity contribution < 1.29 is 16.8 Å². The van der Waals surface area contributed by atoms with E-state index in [1.165, 1.54) is 18.2 Å². The van der Waals surface area contributed by atoms with Gasteiger partial charge in [0.2, 0.25) is 10.0 Å². The van der Waals surface area contributed by atoms with Gasteiger partial charge in [-0.2, -0.15) is 0 Å². The van der Waals surface area contributed by atoms with Crippen LogP contribution in [0.25, 0.3) is 10.8 Å². The van der Waals surface area contributed by atoms with Gasteiger partial charge < -0.3 is 5.73 Å². The van der Waals surface area contributed by atoms with Gasteiger partial charge in [0, 0.05) is 29.3 Å². The number of sulfone groups is 1. The fourth-order valence-electron chi connectivity index (χ4n) is 2.65. The first kappa shape index (κ1) is 18.4. The second kappa shape index (κ2) is 6.71. The summed E-state index contributed by atoms with van der Waals surface area (Å²) in [7, 11) is -7.05. The molecule has 0 saturated carbocycles. The van der Waals surface area contributed by atoms with E-state index in [2.05, 4.69) is 4.72 Å². The van der Waals surface area contributed by atoms with Crippen LogP contribution >= 0.6 is 0 Å². The Bertz CT molecular complexity index is 1170. The van der Waals surface area contributed by atoms with Crippen LogP contribution in [0.3, 0.4) is 0 Å². The van der Waals surface area contributed by atoms with Crippen molar-refractivity contribution in [3.05, 3.63) is 66.2 Å². The standard InChI is InChI=1S/C18H18N2O4S2/c1-25(21,22)14-10-8-13(9-11-14)12-20-26(23,24)18-7-3-4-15-16(18)5-2-6-17(15)19/h2-11,20H,12,19H2,1H3. The van der Waals surface area contributed by atoms with E-state index in [1.807, 2.05) is 0 Å². The summed E-state index contributed by atoms with van der Waals surface area (Å²) in [5.41, 5.74) is 7.08. The molecule has 0 aliphatic carbocycles. The van der Waals surface area contributed by atoms with Crippen LogP contribution in [-0.2, 0) is 26.4 Å². The van der Waals surface area contributed by atoms with Gasteiger partial charge in [-0.1, -0.05) is 36.4 Å². The number of anilines is 1. The zero-order valence-corrected chi connectivity index (χ0v) is 15.6. The van der Waals surface area contributed by atoms with Crippen molar-refractivity contribution >= 4 is 36.3 Å². The molecule has 0 atom stereocenters. The summed E-state index contributed by atoms with van der Waals surface area (Å²) >= 11 is 0. The highest BCUT2D eigenvalue weighted by Gasteiger charge is 2.17. The Hall–Kier alpha value is -2.42. The maximum atomic E-state index is 12.7. The van der Waals surface area contributed by atoms with Crippen LogP contribution in [0.15, 0.2) is 70.5 Å². The molecular weight excluding hydrogens is 372 g/mol. The van der Waals surface area contributed by atoms with E-state index in [0.29, 0.717) is 22.0 Å². The van der Waals surface area contributed by atoms with Crippen molar-refractivity contribution in [3.8, 4) is 0 Å². The molecule has 136 valence electrons. The van der Waals surface area contributed by atoms with E-state index >= 15 is 0 Å². The lowest BCUT2D eigenvalue weighted by molar-refractivity contribution is 0.582. The van der Waals surface area contributed by atoms with Gasteiger partial charge in [-0.25, -0.2) is 21.6 Å². The molecule has 0 saturated heterocycles. The monoisotopic (exact) mass is 390 g/mol. The summed E-state index contributed by atoms with van der Waals surface area (Å²) in [4.78, 5) is 0.337. The molecule has 0 bridgehead atoms. The van der Waals surface area contributed by atoms with Crippen molar-refractivity contribution in [2.75, 3.05) is 12.0 Å². The van der Waals surface area contributed by atoms with E-state index in [-0.39, 0.29) is 16.3 Å². The van der Waals surface area contributed by atoms with Crippen molar-refractivity contribution in [1.29, 1.82) is 0 Å². The predicted molar refractivity (Wildman–Crippen MR) is 102 cm³/mol. The molecule has 0 heterocycles. The van der Waals surface area contributed by atoms with E-state index in [4.69, 9.17) is 5.73 Å². The van der Waals surface area contributed by atoms with Gasteiger partial charge in [0.15, 0.2) is 9.84 Å². The molecule has 8 heteroatoms. The van der Waals surface area contributed by atoms with Gasteiger partial charge in [-0.15, -0.1) is 0 Å². The molecule has 0 amide bonds. The molecule has 0 fully saturated rings. The lowest BCUT2D eigenvalue weighted by Crippen LogP contribution is -2.23. The first-order chi connectivity index (χ1) is 12.2. The number of rotatable bonds is 5. The Morgan fingerprint density at radius 1 is 0.846 bits per heavy atom. The number of hydrogen-bond acceptors (Lipinski definition) is 5. The van der Waals surface area contributed by atoms with Crippen molar-refractivity contribution in [1.82, 2.24) is 4.72 Å². The molecule has 3 aromatic carbocycles. The molecule has 3 N–H and O–H groups in total. The summed E-state index contributed by atoms with van der Waals surface area (Å²) in [5.74, 6) is 0. The molecule has 0 aliphatic rings. The summed E-state index contributed by atoms with van der Waals surface area (Å²) < 4.78 is 50.9. The van der Waals surface area contributed by atoms with Gasteiger partial charge in [0.05, 0.1) is 9.79 Å².